The molecule has 4 N–H and O–H groups in total. The number of imidazole rings is 1. The van der Waals surface area contributed by atoms with Crippen molar-refractivity contribution in [2.24, 2.45) is 5.73 Å². The van der Waals surface area contributed by atoms with E-state index >= 15 is 0 Å². The fourth-order valence-electron chi connectivity index (χ4n) is 2.87. The van der Waals surface area contributed by atoms with Gasteiger partial charge in [-0.05, 0) is 50.1 Å². The number of thiocarbonyl (C=S) groups is 1. The molecular weight excluding hydrogens is 412 g/mol. The third kappa shape index (κ3) is 3.65. The molecule has 3 rings (SSSR count). The molecule has 7 heteroatoms. The lowest BCUT2D eigenvalue weighted by atomic mass is 9.98. The zero-order valence-electron chi connectivity index (χ0n) is 14.8. The summed E-state index contributed by atoms with van der Waals surface area (Å²) in [5.74, 6) is 0.593. The van der Waals surface area contributed by atoms with Crippen molar-refractivity contribution in [2.75, 3.05) is 13.1 Å². The maximum Gasteiger partial charge on any atom is 0.252 e. The van der Waals surface area contributed by atoms with Crippen LogP contribution in [0.5, 0.6) is 0 Å². The highest BCUT2D eigenvalue weighted by Gasteiger charge is 2.20. The average molecular weight is 433 g/mol. The number of amides is 1. The van der Waals surface area contributed by atoms with Crippen molar-refractivity contribution in [3.63, 3.8) is 0 Å². The van der Waals surface area contributed by atoms with Crippen LogP contribution >= 0.6 is 28.1 Å². The number of allylic oxidation sites excluding steroid dienone is 3. The van der Waals surface area contributed by atoms with Crippen LogP contribution in [0.1, 0.15) is 29.8 Å². The Hall–Kier alpha value is -1.83. The molecule has 0 saturated carbocycles. The van der Waals surface area contributed by atoms with Gasteiger partial charge in [0, 0.05) is 27.9 Å². The SMILES string of the molecule is Cc1c(Br)cc2[nH]c(C3=CCC(=S)C(C(=O)NCCCN)=C3)nc2c1C. The van der Waals surface area contributed by atoms with Gasteiger partial charge in [-0.25, -0.2) is 4.98 Å². The maximum atomic E-state index is 12.4. The van der Waals surface area contributed by atoms with Gasteiger partial charge in [0.2, 0.25) is 0 Å². The molecule has 1 aliphatic carbocycles. The minimum atomic E-state index is -0.153. The van der Waals surface area contributed by atoms with Gasteiger partial charge < -0.3 is 16.0 Å². The Morgan fingerprint density at radius 3 is 2.92 bits per heavy atom. The summed E-state index contributed by atoms with van der Waals surface area (Å²) in [7, 11) is 0. The Balaban J connectivity index is 1.94. The molecule has 136 valence electrons. The Bertz CT molecular complexity index is 958. The third-order valence-electron chi connectivity index (χ3n) is 4.57. The molecule has 0 atom stereocenters. The number of aryl methyl sites for hydroxylation is 1. The average Bonchev–Trinajstić information content (AvgIpc) is 3.04. The Kier molecular flexibility index (Phi) is 5.70. The minimum Gasteiger partial charge on any atom is -0.352 e. The van der Waals surface area contributed by atoms with E-state index in [9.17, 15) is 4.79 Å². The minimum absolute atomic E-state index is 0.153. The molecule has 1 aromatic carbocycles. The van der Waals surface area contributed by atoms with Crippen LogP contribution in [0.4, 0.5) is 0 Å². The predicted molar refractivity (Wildman–Crippen MR) is 113 cm³/mol. The number of hydrogen-bond donors (Lipinski definition) is 3. The monoisotopic (exact) mass is 432 g/mol. The summed E-state index contributed by atoms with van der Waals surface area (Å²) in [6.07, 6.45) is 5.12. The lowest BCUT2D eigenvalue weighted by Gasteiger charge is -2.14. The van der Waals surface area contributed by atoms with E-state index in [1.807, 2.05) is 18.2 Å². The van der Waals surface area contributed by atoms with Crippen LogP contribution < -0.4 is 11.1 Å². The molecule has 0 bridgehead atoms. The van der Waals surface area contributed by atoms with Crippen molar-refractivity contribution >= 4 is 55.5 Å². The maximum absolute atomic E-state index is 12.4. The van der Waals surface area contributed by atoms with Crippen molar-refractivity contribution in [3.05, 3.63) is 45.2 Å². The molecule has 0 spiro atoms. The first-order valence-electron chi connectivity index (χ1n) is 8.51. The number of nitrogens with zero attached hydrogens (tertiary/aromatic N) is 1. The van der Waals surface area contributed by atoms with Crippen molar-refractivity contribution in [2.45, 2.75) is 26.7 Å². The van der Waals surface area contributed by atoms with Crippen molar-refractivity contribution < 1.29 is 4.79 Å². The van der Waals surface area contributed by atoms with Crippen LogP contribution in [0.2, 0.25) is 0 Å². The number of benzene rings is 1. The van der Waals surface area contributed by atoms with E-state index in [2.05, 4.69) is 40.1 Å². The van der Waals surface area contributed by atoms with Crippen molar-refractivity contribution in [1.82, 2.24) is 15.3 Å². The zero-order valence-corrected chi connectivity index (χ0v) is 17.2. The summed E-state index contributed by atoms with van der Waals surface area (Å²) >= 11 is 8.95. The lowest BCUT2D eigenvalue weighted by molar-refractivity contribution is -0.116. The first kappa shape index (κ1) is 18.9. The quantitative estimate of drug-likeness (QED) is 0.498. The van der Waals surface area contributed by atoms with Gasteiger partial charge in [-0.1, -0.05) is 34.2 Å². The number of hydrogen-bond acceptors (Lipinski definition) is 4. The predicted octanol–water partition coefficient (Wildman–Crippen LogP) is 3.49. The molecule has 0 aliphatic heterocycles. The van der Waals surface area contributed by atoms with Crippen molar-refractivity contribution in [1.29, 1.82) is 0 Å². The molecule has 0 fully saturated rings. The van der Waals surface area contributed by atoms with Gasteiger partial charge in [0.05, 0.1) is 16.6 Å². The Morgan fingerprint density at radius 2 is 2.19 bits per heavy atom. The van der Waals surface area contributed by atoms with E-state index in [4.69, 9.17) is 22.9 Å². The molecule has 0 radical (unpaired) electrons. The highest BCUT2D eigenvalue weighted by Crippen LogP contribution is 2.30. The first-order valence-corrected chi connectivity index (χ1v) is 9.71. The molecule has 1 amide bonds. The number of aromatic amines is 1. The second-order valence-electron chi connectivity index (χ2n) is 6.33. The number of rotatable bonds is 5. The van der Waals surface area contributed by atoms with Crippen LogP contribution in [0, 0.1) is 13.8 Å². The second kappa shape index (κ2) is 7.82. The molecular formula is C19H21BrN4OS. The summed E-state index contributed by atoms with van der Waals surface area (Å²) in [5.41, 5.74) is 11.1. The highest BCUT2D eigenvalue weighted by molar-refractivity contribution is 9.10. The van der Waals surface area contributed by atoms with Crippen molar-refractivity contribution in [3.8, 4) is 0 Å². The zero-order chi connectivity index (χ0) is 18.8. The highest BCUT2D eigenvalue weighted by atomic mass is 79.9. The molecule has 5 nitrogen and oxygen atoms in total. The number of carbonyl (C=O) groups excluding carboxylic acids is 1. The summed E-state index contributed by atoms with van der Waals surface area (Å²) < 4.78 is 1.05. The van der Waals surface area contributed by atoms with Crippen LogP contribution in [0.25, 0.3) is 16.6 Å². The van der Waals surface area contributed by atoms with Gasteiger partial charge in [0.15, 0.2) is 0 Å². The van der Waals surface area contributed by atoms with Crippen LogP contribution in [0.15, 0.2) is 28.3 Å². The van der Waals surface area contributed by atoms with Gasteiger partial charge in [0.1, 0.15) is 5.82 Å². The van der Waals surface area contributed by atoms with E-state index in [0.29, 0.717) is 29.9 Å². The van der Waals surface area contributed by atoms with Crippen LogP contribution in [-0.2, 0) is 4.79 Å². The molecule has 1 aliphatic rings. The Labute approximate surface area is 166 Å². The fraction of sp³-hybridized carbons (Fsp3) is 0.316. The molecule has 2 aromatic rings. The first-order chi connectivity index (χ1) is 12.4. The normalized spacial score (nSPS) is 14.4. The standard InChI is InChI=1S/C19H21BrN4OS/c1-10-11(2)17-15(9-14(10)20)23-18(24-17)12-4-5-16(26)13(8-12)19(25)22-7-3-6-21/h4,8-9H,3,5-7,21H2,1-2H3,(H,22,25)(H,23,24). The molecule has 0 saturated heterocycles. The molecule has 0 unspecified atom stereocenters. The van der Waals surface area contributed by atoms with Gasteiger partial charge in [-0.3, -0.25) is 4.79 Å². The second-order valence-corrected chi connectivity index (χ2v) is 7.68. The van der Waals surface area contributed by atoms with E-state index in [0.717, 1.165) is 38.9 Å². The summed E-state index contributed by atoms with van der Waals surface area (Å²) in [6.45, 7) is 5.21. The van der Waals surface area contributed by atoms with E-state index < -0.39 is 0 Å². The number of fused-ring (bicyclic) bond motifs is 1. The van der Waals surface area contributed by atoms with Gasteiger partial charge in [-0.15, -0.1) is 0 Å². The van der Waals surface area contributed by atoms with E-state index in [1.165, 1.54) is 5.56 Å². The van der Waals surface area contributed by atoms with Crippen LogP contribution in [0.3, 0.4) is 0 Å². The summed E-state index contributed by atoms with van der Waals surface area (Å²) in [5, 5.41) is 2.87. The number of nitrogens with two attached hydrogens (primary N) is 1. The smallest absolute Gasteiger partial charge is 0.252 e. The topological polar surface area (TPSA) is 83.8 Å². The van der Waals surface area contributed by atoms with E-state index in [1.54, 1.807) is 0 Å². The third-order valence-corrected chi connectivity index (χ3v) is 5.78. The number of carbonyl (C=O) groups is 1. The van der Waals surface area contributed by atoms with Gasteiger partial charge >= 0.3 is 0 Å². The Morgan fingerprint density at radius 1 is 1.42 bits per heavy atom. The largest absolute Gasteiger partial charge is 0.352 e. The van der Waals surface area contributed by atoms with Gasteiger partial charge in [0.25, 0.3) is 5.91 Å². The number of halogens is 1. The number of H-pyrrole nitrogens is 1. The summed E-state index contributed by atoms with van der Waals surface area (Å²) in [4.78, 5) is 21.2. The van der Waals surface area contributed by atoms with Gasteiger partial charge in [-0.2, -0.15) is 0 Å². The number of aromatic nitrogens is 2. The fourth-order valence-corrected chi connectivity index (χ4v) is 3.63. The molecule has 1 aromatic heterocycles. The summed E-state index contributed by atoms with van der Waals surface area (Å²) in [6, 6.07) is 2.03. The number of nitrogens with one attached hydrogen (secondary N) is 2. The van der Waals surface area contributed by atoms with E-state index in [-0.39, 0.29) is 5.91 Å². The van der Waals surface area contributed by atoms with Crippen LogP contribution in [-0.4, -0.2) is 33.8 Å². The molecule has 26 heavy (non-hydrogen) atoms. The molecule has 1 heterocycles. The lowest BCUT2D eigenvalue weighted by Crippen LogP contribution is -2.30.